The van der Waals surface area contributed by atoms with E-state index in [9.17, 15) is 19.5 Å². The number of rotatable bonds is 36. The molecule has 296 valence electrons. The highest BCUT2D eigenvalue weighted by Crippen LogP contribution is 2.14. The molecule has 0 aliphatic rings. The van der Waals surface area contributed by atoms with Crippen LogP contribution in [0.3, 0.4) is 0 Å². The Morgan fingerprint density at radius 2 is 1.08 bits per heavy atom. The minimum Gasteiger partial charge on any atom is -0.477 e. The van der Waals surface area contributed by atoms with Crippen LogP contribution in [-0.4, -0.2) is 80.6 Å². The maximum atomic E-state index is 12.5. The van der Waals surface area contributed by atoms with E-state index in [-0.39, 0.29) is 42.7 Å². The summed E-state index contributed by atoms with van der Waals surface area (Å²) >= 11 is 0. The number of nitrogens with zero attached hydrogens (tertiary/aromatic N) is 1. The minimum absolute atomic E-state index is 0.0450. The summed E-state index contributed by atoms with van der Waals surface area (Å²) in [4.78, 5) is 36.7. The molecule has 0 aromatic heterocycles. The summed E-state index contributed by atoms with van der Waals surface area (Å²) in [6.07, 6.45) is 37.9. The number of carboxylic acids is 1. The zero-order chi connectivity index (χ0) is 37.8. The molecule has 2 unspecified atom stereocenters. The van der Waals surface area contributed by atoms with Gasteiger partial charge in [-0.3, -0.25) is 9.59 Å². The van der Waals surface area contributed by atoms with Crippen molar-refractivity contribution in [1.29, 1.82) is 0 Å². The standard InChI is InChI=1S/C43H77NO7/c1-6-8-10-12-14-15-16-17-18-19-20-21-22-23-24-25-26-28-29-31-33-41(45)50-38-39(37-49-36-35-40(43(47)48)44(3,4)5)51-42(46)34-32-30-27-13-11-9-7-2/h15-18,27,30,39-40H,6-14,19-26,28-29,31-38H2,1-5H3/p+1/b16-15+,18-17+,30-27+. The highest BCUT2D eigenvalue weighted by Gasteiger charge is 2.31. The lowest BCUT2D eigenvalue weighted by Gasteiger charge is -2.31. The van der Waals surface area contributed by atoms with Crippen molar-refractivity contribution in [2.24, 2.45) is 0 Å². The lowest BCUT2D eigenvalue weighted by molar-refractivity contribution is -0.887. The molecule has 2 atom stereocenters. The van der Waals surface area contributed by atoms with Gasteiger partial charge in [0.1, 0.15) is 6.61 Å². The first kappa shape index (κ1) is 48.5. The number of aliphatic carboxylic acids is 1. The Bertz CT molecular complexity index is 937. The SMILES string of the molecule is CCCCC/C=C/CCC(=O)OC(COCCC(C(=O)O)[N+](C)(C)C)COC(=O)CCCCCCCCCCCC/C=C/C=C/CCCCCC. The van der Waals surface area contributed by atoms with Crippen molar-refractivity contribution in [3.63, 3.8) is 0 Å². The molecule has 0 saturated carbocycles. The first-order valence-electron chi connectivity index (χ1n) is 20.5. The summed E-state index contributed by atoms with van der Waals surface area (Å²) in [7, 11) is 5.50. The van der Waals surface area contributed by atoms with Crippen molar-refractivity contribution in [2.45, 2.75) is 180 Å². The van der Waals surface area contributed by atoms with E-state index in [4.69, 9.17) is 14.2 Å². The number of carbonyl (C=O) groups excluding carboxylic acids is 2. The van der Waals surface area contributed by atoms with Crippen molar-refractivity contribution in [2.75, 3.05) is 41.0 Å². The molecule has 0 aliphatic heterocycles. The summed E-state index contributed by atoms with van der Waals surface area (Å²) in [5.74, 6) is -1.54. The normalized spacial score (nSPS) is 13.4. The van der Waals surface area contributed by atoms with Gasteiger partial charge in [0.2, 0.25) is 0 Å². The minimum atomic E-state index is -0.882. The summed E-state index contributed by atoms with van der Waals surface area (Å²) in [5, 5.41) is 9.57. The fraction of sp³-hybridized carbons (Fsp3) is 0.791. The number of unbranched alkanes of at least 4 members (excludes halogenated alkanes) is 17. The second kappa shape index (κ2) is 34.6. The number of quaternary nitrogens is 1. The van der Waals surface area contributed by atoms with E-state index in [0.717, 1.165) is 32.1 Å². The average Bonchev–Trinajstić information content (AvgIpc) is 3.08. The van der Waals surface area contributed by atoms with Gasteiger partial charge in [-0.05, 0) is 51.4 Å². The van der Waals surface area contributed by atoms with Crippen LogP contribution < -0.4 is 0 Å². The maximum Gasteiger partial charge on any atom is 0.362 e. The van der Waals surface area contributed by atoms with Crippen LogP contribution in [0.25, 0.3) is 0 Å². The van der Waals surface area contributed by atoms with E-state index in [0.29, 0.717) is 19.3 Å². The van der Waals surface area contributed by atoms with E-state index >= 15 is 0 Å². The zero-order valence-corrected chi connectivity index (χ0v) is 33.6. The summed E-state index contributed by atoms with van der Waals surface area (Å²) in [6, 6.07) is -0.618. The van der Waals surface area contributed by atoms with Crippen molar-refractivity contribution in [1.82, 2.24) is 0 Å². The topological polar surface area (TPSA) is 99.1 Å². The first-order valence-corrected chi connectivity index (χ1v) is 20.5. The van der Waals surface area contributed by atoms with Crippen molar-refractivity contribution in [3.05, 3.63) is 36.5 Å². The Morgan fingerprint density at radius 1 is 0.588 bits per heavy atom. The van der Waals surface area contributed by atoms with Gasteiger partial charge in [0.05, 0.1) is 34.4 Å². The van der Waals surface area contributed by atoms with Gasteiger partial charge < -0.3 is 23.8 Å². The number of ether oxygens (including phenoxy) is 3. The Kier molecular flexibility index (Phi) is 33.0. The Morgan fingerprint density at radius 3 is 1.65 bits per heavy atom. The number of hydrogen-bond donors (Lipinski definition) is 1. The van der Waals surface area contributed by atoms with Gasteiger partial charge in [-0.1, -0.05) is 134 Å². The van der Waals surface area contributed by atoms with E-state index in [2.05, 4.69) is 44.2 Å². The number of hydrogen-bond acceptors (Lipinski definition) is 6. The smallest absolute Gasteiger partial charge is 0.362 e. The molecule has 8 heteroatoms. The molecule has 0 amide bonds. The van der Waals surface area contributed by atoms with Crippen molar-refractivity contribution >= 4 is 17.9 Å². The second-order valence-corrected chi connectivity index (χ2v) is 14.9. The predicted molar refractivity (Wildman–Crippen MR) is 211 cm³/mol. The maximum absolute atomic E-state index is 12.5. The van der Waals surface area contributed by atoms with Gasteiger partial charge in [0.15, 0.2) is 12.1 Å². The molecular weight excluding hydrogens is 642 g/mol. The number of likely N-dealkylation sites (N-methyl/N-ethyl adjacent to an activating group) is 1. The Hall–Kier alpha value is -2.45. The Balaban J connectivity index is 4.22. The molecule has 0 bridgehead atoms. The van der Waals surface area contributed by atoms with E-state index in [1.54, 1.807) is 0 Å². The third kappa shape index (κ3) is 33.2. The van der Waals surface area contributed by atoms with Crippen LogP contribution in [0.1, 0.15) is 168 Å². The molecule has 8 nitrogen and oxygen atoms in total. The fourth-order valence-corrected chi connectivity index (χ4v) is 5.80. The molecule has 51 heavy (non-hydrogen) atoms. The molecule has 0 saturated heterocycles. The van der Waals surface area contributed by atoms with Gasteiger partial charge in [-0.25, -0.2) is 4.79 Å². The molecule has 0 radical (unpaired) electrons. The van der Waals surface area contributed by atoms with Crippen LogP contribution in [0.4, 0.5) is 0 Å². The molecule has 0 aromatic rings. The third-order valence-corrected chi connectivity index (χ3v) is 9.05. The molecule has 1 N–H and O–H groups in total. The number of carbonyl (C=O) groups is 3. The number of carboxylic acid groups (broad SMARTS) is 1. The second-order valence-electron chi connectivity index (χ2n) is 14.9. The number of allylic oxidation sites excluding steroid dienone is 6. The van der Waals surface area contributed by atoms with Crippen LogP contribution in [0.5, 0.6) is 0 Å². The van der Waals surface area contributed by atoms with Crippen LogP contribution >= 0.6 is 0 Å². The van der Waals surface area contributed by atoms with Crippen LogP contribution in [0, 0.1) is 0 Å². The predicted octanol–water partition coefficient (Wildman–Crippen LogP) is 10.7. The fourth-order valence-electron chi connectivity index (χ4n) is 5.80. The van der Waals surface area contributed by atoms with Crippen molar-refractivity contribution in [3.8, 4) is 0 Å². The quantitative estimate of drug-likeness (QED) is 0.0226. The zero-order valence-electron chi connectivity index (χ0n) is 33.6. The average molecular weight is 721 g/mol. The molecule has 0 rings (SSSR count). The molecule has 0 spiro atoms. The van der Waals surface area contributed by atoms with Crippen LogP contribution in [0.15, 0.2) is 36.5 Å². The highest BCUT2D eigenvalue weighted by molar-refractivity contribution is 5.72. The van der Waals surface area contributed by atoms with E-state index < -0.39 is 18.1 Å². The third-order valence-electron chi connectivity index (χ3n) is 9.05. The van der Waals surface area contributed by atoms with Crippen LogP contribution in [0.2, 0.25) is 0 Å². The lowest BCUT2D eigenvalue weighted by Crippen LogP contribution is -2.50. The monoisotopic (exact) mass is 721 g/mol. The molecule has 0 fully saturated rings. The van der Waals surface area contributed by atoms with Gasteiger partial charge in [0.25, 0.3) is 0 Å². The molecule has 0 aromatic carbocycles. The molecule has 0 heterocycles. The summed E-state index contributed by atoms with van der Waals surface area (Å²) in [5.41, 5.74) is 0. The summed E-state index contributed by atoms with van der Waals surface area (Å²) in [6.45, 7) is 4.60. The van der Waals surface area contributed by atoms with E-state index in [1.165, 1.54) is 96.3 Å². The first-order chi connectivity index (χ1) is 24.6. The molecular formula is C43H78NO7+. The highest BCUT2D eigenvalue weighted by atomic mass is 16.6. The van der Waals surface area contributed by atoms with Gasteiger partial charge in [0, 0.05) is 19.3 Å². The van der Waals surface area contributed by atoms with E-state index in [1.807, 2.05) is 27.2 Å². The Labute approximate surface area is 313 Å². The summed E-state index contributed by atoms with van der Waals surface area (Å²) < 4.78 is 17.1. The lowest BCUT2D eigenvalue weighted by atomic mass is 10.1. The van der Waals surface area contributed by atoms with Gasteiger partial charge >= 0.3 is 17.9 Å². The largest absolute Gasteiger partial charge is 0.477 e. The molecule has 0 aliphatic carbocycles. The number of esters is 2. The van der Waals surface area contributed by atoms with Gasteiger partial charge in [-0.2, -0.15) is 0 Å². The van der Waals surface area contributed by atoms with Gasteiger partial charge in [-0.15, -0.1) is 0 Å². The van der Waals surface area contributed by atoms with Crippen molar-refractivity contribution < 1.29 is 38.2 Å². The van der Waals surface area contributed by atoms with Crippen LogP contribution in [-0.2, 0) is 28.6 Å².